The summed E-state index contributed by atoms with van der Waals surface area (Å²) in [5, 5.41) is 7.71. The number of methoxy groups -OCH3 is 1. The van der Waals surface area contributed by atoms with Gasteiger partial charge in [0.05, 0.1) is 13.3 Å². The van der Waals surface area contributed by atoms with Gasteiger partial charge in [-0.3, -0.25) is 4.98 Å². The van der Waals surface area contributed by atoms with Gasteiger partial charge in [-0.2, -0.15) is 5.10 Å². The predicted molar refractivity (Wildman–Crippen MR) is 96.5 cm³/mol. The number of aromatic nitrogens is 4. The molecule has 6 nitrogen and oxygen atoms in total. The first kappa shape index (κ1) is 15.1. The first-order valence-electron chi connectivity index (χ1n) is 7.95. The van der Waals surface area contributed by atoms with Crippen LogP contribution in [0.15, 0.2) is 67.3 Å². The average Bonchev–Trinajstić information content (AvgIpc) is 3.10. The van der Waals surface area contributed by atoms with Crippen LogP contribution in [0.2, 0.25) is 0 Å². The normalized spacial score (nSPS) is 10.8. The highest BCUT2D eigenvalue weighted by Crippen LogP contribution is 2.27. The molecule has 0 amide bonds. The van der Waals surface area contributed by atoms with Gasteiger partial charge in [-0.1, -0.05) is 18.2 Å². The fourth-order valence-electron chi connectivity index (χ4n) is 2.66. The Balaban J connectivity index is 1.65. The third-order valence-corrected chi connectivity index (χ3v) is 3.95. The summed E-state index contributed by atoms with van der Waals surface area (Å²) in [5.74, 6) is 1.60. The van der Waals surface area contributed by atoms with E-state index in [2.05, 4.69) is 15.4 Å². The van der Waals surface area contributed by atoms with Gasteiger partial charge in [-0.25, -0.2) is 9.50 Å². The Kier molecular flexibility index (Phi) is 4.00. The van der Waals surface area contributed by atoms with Crippen LogP contribution >= 0.6 is 0 Å². The van der Waals surface area contributed by atoms with E-state index in [4.69, 9.17) is 9.72 Å². The second-order valence-corrected chi connectivity index (χ2v) is 5.59. The molecule has 0 aliphatic heterocycles. The zero-order valence-electron chi connectivity index (χ0n) is 13.8. The summed E-state index contributed by atoms with van der Waals surface area (Å²) in [4.78, 5) is 8.83. The number of benzene rings is 1. The maximum absolute atomic E-state index is 5.31. The van der Waals surface area contributed by atoms with E-state index in [-0.39, 0.29) is 0 Å². The molecule has 0 aliphatic rings. The molecule has 0 saturated carbocycles. The average molecular weight is 331 g/mol. The lowest BCUT2D eigenvalue weighted by Gasteiger charge is -2.07. The number of rotatable bonds is 5. The highest BCUT2D eigenvalue weighted by atomic mass is 16.5. The number of nitrogens with zero attached hydrogens (tertiary/aromatic N) is 4. The summed E-state index contributed by atoms with van der Waals surface area (Å²) in [7, 11) is 1.66. The van der Waals surface area contributed by atoms with Crippen molar-refractivity contribution in [3.05, 3.63) is 72.8 Å². The van der Waals surface area contributed by atoms with Crippen molar-refractivity contribution in [2.45, 2.75) is 6.54 Å². The Morgan fingerprint density at radius 1 is 1.12 bits per heavy atom. The van der Waals surface area contributed by atoms with E-state index in [9.17, 15) is 0 Å². The highest BCUT2D eigenvalue weighted by Gasteiger charge is 2.10. The number of anilines is 1. The quantitative estimate of drug-likeness (QED) is 0.607. The van der Waals surface area contributed by atoms with Crippen LogP contribution in [0, 0.1) is 0 Å². The summed E-state index contributed by atoms with van der Waals surface area (Å²) in [6, 6.07) is 13.7. The van der Waals surface area contributed by atoms with Gasteiger partial charge >= 0.3 is 0 Å². The molecule has 25 heavy (non-hydrogen) atoms. The van der Waals surface area contributed by atoms with Gasteiger partial charge in [0.2, 0.25) is 0 Å². The summed E-state index contributed by atoms with van der Waals surface area (Å²) in [6.45, 7) is 0.666. The van der Waals surface area contributed by atoms with Crippen molar-refractivity contribution < 1.29 is 4.74 Å². The summed E-state index contributed by atoms with van der Waals surface area (Å²) in [5.41, 5.74) is 3.88. The molecule has 6 heteroatoms. The van der Waals surface area contributed by atoms with Crippen molar-refractivity contribution in [1.82, 2.24) is 19.6 Å². The highest BCUT2D eigenvalue weighted by molar-refractivity contribution is 5.78. The molecule has 0 fully saturated rings. The Bertz CT molecular complexity index is 997. The maximum Gasteiger partial charge on any atom is 0.165 e. The number of hydrogen-bond donors (Lipinski definition) is 1. The molecule has 0 radical (unpaired) electrons. The second-order valence-electron chi connectivity index (χ2n) is 5.59. The number of nitrogens with one attached hydrogen (secondary N) is 1. The zero-order chi connectivity index (χ0) is 17.1. The smallest absolute Gasteiger partial charge is 0.165 e. The molecule has 124 valence electrons. The van der Waals surface area contributed by atoms with E-state index in [1.807, 2.05) is 61.1 Å². The van der Waals surface area contributed by atoms with Crippen LogP contribution in [0.3, 0.4) is 0 Å². The monoisotopic (exact) mass is 331 g/mol. The summed E-state index contributed by atoms with van der Waals surface area (Å²) < 4.78 is 7.08. The Hall–Kier alpha value is -3.41. The van der Waals surface area contributed by atoms with E-state index in [0.717, 1.165) is 33.9 Å². The van der Waals surface area contributed by atoms with Crippen LogP contribution in [0.5, 0.6) is 5.75 Å². The van der Waals surface area contributed by atoms with E-state index in [1.165, 1.54) is 0 Å². The third kappa shape index (κ3) is 3.14. The molecule has 3 aromatic heterocycles. The van der Waals surface area contributed by atoms with Crippen molar-refractivity contribution in [2.75, 3.05) is 12.4 Å². The first-order chi connectivity index (χ1) is 12.3. The first-order valence-corrected chi connectivity index (χ1v) is 7.95. The molecule has 1 N–H and O–H groups in total. The number of ether oxygens (including phenoxy) is 1. The van der Waals surface area contributed by atoms with Gasteiger partial charge in [0.1, 0.15) is 11.6 Å². The van der Waals surface area contributed by atoms with Crippen molar-refractivity contribution in [3.63, 3.8) is 0 Å². The van der Waals surface area contributed by atoms with E-state index < -0.39 is 0 Å². The van der Waals surface area contributed by atoms with Crippen molar-refractivity contribution >= 4 is 11.5 Å². The molecule has 3 heterocycles. The Morgan fingerprint density at radius 2 is 2.08 bits per heavy atom. The molecule has 0 saturated heterocycles. The van der Waals surface area contributed by atoms with Crippen LogP contribution in [-0.4, -0.2) is 26.7 Å². The minimum Gasteiger partial charge on any atom is -0.497 e. The van der Waals surface area contributed by atoms with Gasteiger partial charge < -0.3 is 10.1 Å². The minimum atomic E-state index is 0.666. The molecule has 0 aliphatic carbocycles. The lowest BCUT2D eigenvalue weighted by Crippen LogP contribution is -2.03. The van der Waals surface area contributed by atoms with Crippen LogP contribution in [-0.2, 0) is 6.54 Å². The lowest BCUT2D eigenvalue weighted by atomic mass is 10.1. The van der Waals surface area contributed by atoms with Gasteiger partial charge in [0, 0.05) is 30.7 Å². The van der Waals surface area contributed by atoms with Crippen LogP contribution < -0.4 is 10.1 Å². The molecular weight excluding hydrogens is 314 g/mol. The number of pyridine rings is 1. The van der Waals surface area contributed by atoms with Crippen molar-refractivity contribution in [2.24, 2.45) is 0 Å². The van der Waals surface area contributed by atoms with E-state index in [0.29, 0.717) is 6.54 Å². The van der Waals surface area contributed by atoms with Crippen LogP contribution in [0.1, 0.15) is 5.56 Å². The standard InChI is InChI=1S/C19H17N5O/c1-25-16-6-2-5-15(10-16)17-13-22-24-9-7-18(23-19(17)24)21-12-14-4-3-8-20-11-14/h2-11,13H,12H2,1H3,(H,21,23). The molecule has 0 spiro atoms. The van der Waals surface area contributed by atoms with Crippen LogP contribution in [0.25, 0.3) is 16.8 Å². The largest absolute Gasteiger partial charge is 0.497 e. The predicted octanol–water partition coefficient (Wildman–Crippen LogP) is 3.41. The lowest BCUT2D eigenvalue weighted by molar-refractivity contribution is 0.415. The number of hydrogen-bond acceptors (Lipinski definition) is 5. The molecule has 0 atom stereocenters. The number of fused-ring (bicyclic) bond motifs is 1. The van der Waals surface area contributed by atoms with E-state index >= 15 is 0 Å². The molecule has 0 bridgehead atoms. The van der Waals surface area contributed by atoms with Gasteiger partial charge in [-0.05, 0) is 35.4 Å². The molecule has 4 rings (SSSR count). The Labute approximate surface area is 145 Å². The minimum absolute atomic E-state index is 0.666. The summed E-state index contributed by atoms with van der Waals surface area (Å²) >= 11 is 0. The zero-order valence-corrected chi connectivity index (χ0v) is 13.8. The SMILES string of the molecule is COc1cccc(-c2cnn3ccc(NCc4cccnc4)nc23)c1. The third-order valence-electron chi connectivity index (χ3n) is 3.95. The van der Waals surface area contributed by atoms with E-state index in [1.54, 1.807) is 17.8 Å². The van der Waals surface area contributed by atoms with Crippen molar-refractivity contribution in [3.8, 4) is 16.9 Å². The van der Waals surface area contributed by atoms with Gasteiger partial charge in [-0.15, -0.1) is 0 Å². The van der Waals surface area contributed by atoms with Gasteiger partial charge in [0.25, 0.3) is 0 Å². The van der Waals surface area contributed by atoms with Crippen LogP contribution in [0.4, 0.5) is 5.82 Å². The fourth-order valence-corrected chi connectivity index (χ4v) is 2.66. The van der Waals surface area contributed by atoms with Crippen molar-refractivity contribution in [1.29, 1.82) is 0 Å². The molecule has 1 aromatic carbocycles. The maximum atomic E-state index is 5.31. The van der Waals surface area contributed by atoms with Gasteiger partial charge in [0.15, 0.2) is 5.65 Å². The fraction of sp³-hybridized carbons (Fsp3) is 0.105. The topological polar surface area (TPSA) is 64.3 Å². The Morgan fingerprint density at radius 3 is 2.92 bits per heavy atom. The molecule has 4 aromatic rings. The second kappa shape index (κ2) is 6.60. The summed E-state index contributed by atoms with van der Waals surface area (Å²) in [6.07, 6.45) is 7.33. The molecular formula is C19H17N5O. The molecule has 0 unspecified atom stereocenters.